The maximum atomic E-state index is 13.0. The van der Waals surface area contributed by atoms with Crippen molar-refractivity contribution in [3.05, 3.63) is 75.7 Å². The molecule has 31 heavy (non-hydrogen) atoms. The lowest BCUT2D eigenvalue weighted by atomic mass is 9.96. The molecule has 0 spiro atoms. The fourth-order valence-corrected chi connectivity index (χ4v) is 4.12. The molecule has 0 fully saturated rings. The van der Waals surface area contributed by atoms with E-state index in [1.165, 1.54) is 15.6 Å². The van der Waals surface area contributed by atoms with Crippen LogP contribution in [0, 0.1) is 0 Å². The number of amides is 3. The Kier molecular flexibility index (Phi) is 5.60. The fourth-order valence-electron chi connectivity index (χ4n) is 3.48. The molecule has 0 saturated heterocycles. The SMILES string of the molecule is CN1C(=O)c2cc(C(=O)NCc3cccs3)nn2C[C@@]1(C)C(=O)NCc1ccccc1. The molecule has 1 aliphatic rings. The van der Waals surface area contributed by atoms with Crippen LogP contribution in [0.1, 0.15) is 38.3 Å². The highest BCUT2D eigenvalue weighted by Gasteiger charge is 2.46. The van der Waals surface area contributed by atoms with Gasteiger partial charge in [0, 0.05) is 24.5 Å². The van der Waals surface area contributed by atoms with E-state index >= 15 is 0 Å². The van der Waals surface area contributed by atoms with E-state index in [4.69, 9.17) is 0 Å². The van der Waals surface area contributed by atoms with Gasteiger partial charge in [-0.2, -0.15) is 5.10 Å². The largest absolute Gasteiger partial charge is 0.350 e. The maximum Gasteiger partial charge on any atom is 0.272 e. The number of aromatic nitrogens is 2. The highest BCUT2D eigenvalue weighted by atomic mass is 32.1. The molecule has 3 amide bonds. The molecule has 160 valence electrons. The molecule has 0 aliphatic carbocycles. The van der Waals surface area contributed by atoms with Crippen molar-refractivity contribution in [1.29, 1.82) is 0 Å². The van der Waals surface area contributed by atoms with Gasteiger partial charge in [0.05, 0.1) is 13.1 Å². The third-order valence-corrected chi connectivity index (χ3v) is 6.40. The van der Waals surface area contributed by atoms with Crippen LogP contribution in [0.25, 0.3) is 0 Å². The van der Waals surface area contributed by atoms with Crippen LogP contribution in [0.2, 0.25) is 0 Å². The smallest absolute Gasteiger partial charge is 0.272 e. The van der Waals surface area contributed by atoms with Crippen LogP contribution in [0.5, 0.6) is 0 Å². The normalized spacial score (nSPS) is 17.9. The summed E-state index contributed by atoms with van der Waals surface area (Å²) in [6.45, 7) is 2.61. The number of hydrogen-bond acceptors (Lipinski definition) is 5. The van der Waals surface area contributed by atoms with E-state index in [0.717, 1.165) is 10.4 Å². The summed E-state index contributed by atoms with van der Waals surface area (Å²) in [7, 11) is 1.59. The van der Waals surface area contributed by atoms with E-state index < -0.39 is 5.54 Å². The van der Waals surface area contributed by atoms with Crippen LogP contribution in [0.4, 0.5) is 0 Å². The first kappa shape index (κ1) is 20.8. The van der Waals surface area contributed by atoms with Gasteiger partial charge in [0.15, 0.2) is 5.69 Å². The van der Waals surface area contributed by atoms with Gasteiger partial charge in [-0.15, -0.1) is 11.3 Å². The minimum atomic E-state index is -1.13. The standard InChI is InChI=1S/C22H23N5O3S/c1-22(21(30)24-12-15-7-4-3-5-8-15)14-27-18(20(29)26(22)2)11-17(25-27)19(28)23-13-16-9-6-10-31-16/h3-11H,12-14H2,1-2H3,(H,23,28)(H,24,30)/t22-/m0/s1. The summed E-state index contributed by atoms with van der Waals surface area (Å²) in [4.78, 5) is 40.9. The third kappa shape index (κ3) is 4.09. The maximum absolute atomic E-state index is 13.0. The van der Waals surface area contributed by atoms with Gasteiger partial charge in [-0.3, -0.25) is 19.1 Å². The van der Waals surface area contributed by atoms with Crippen LogP contribution in [0.15, 0.2) is 53.9 Å². The lowest BCUT2D eigenvalue weighted by molar-refractivity contribution is -0.132. The zero-order valence-corrected chi connectivity index (χ0v) is 18.1. The van der Waals surface area contributed by atoms with Gasteiger partial charge in [-0.1, -0.05) is 36.4 Å². The quantitative estimate of drug-likeness (QED) is 0.617. The van der Waals surface area contributed by atoms with Crippen molar-refractivity contribution in [2.75, 3.05) is 7.05 Å². The molecule has 3 heterocycles. The van der Waals surface area contributed by atoms with Crippen molar-refractivity contribution in [2.24, 2.45) is 0 Å². The Bertz CT molecular complexity index is 1110. The molecule has 1 aromatic carbocycles. The van der Waals surface area contributed by atoms with Gasteiger partial charge in [0.1, 0.15) is 11.2 Å². The Morgan fingerprint density at radius 2 is 1.90 bits per heavy atom. The first-order valence-corrected chi connectivity index (χ1v) is 10.8. The number of rotatable bonds is 6. The van der Waals surface area contributed by atoms with E-state index in [0.29, 0.717) is 13.1 Å². The number of benzene rings is 1. The van der Waals surface area contributed by atoms with Gasteiger partial charge < -0.3 is 15.5 Å². The highest BCUT2D eigenvalue weighted by molar-refractivity contribution is 7.09. The molecule has 0 unspecified atom stereocenters. The van der Waals surface area contributed by atoms with E-state index in [9.17, 15) is 14.4 Å². The molecular weight excluding hydrogens is 414 g/mol. The molecule has 3 aromatic rings. The molecule has 4 rings (SSSR count). The van der Waals surface area contributed by atoms with Gasteiger partial charge in [0.25, 0.3) is 11.8 Å². The minimum absolute atomic E-state index is 0.155. The molecule has 2 N–H and O–H groups in total. The van der Waals surface area contributed by atoms with Gasteiger partial charge in [0.2, 0.25) is 5.91 Å². The first-order valence-electron chi connectivity index (χ1n) is 9.87. The van der Waals surface area contributed by atoms with Crippen molar-refractivity contribution >= 4 is 29.1 Å². The summed E-state index contributed by atoms with van der Waals surface area (Å²) >= 11 is 1.55. The van der Waals surface area contributed by atoms with E-state index in [-0.39, 0.29) is 35.7 Å². The molecule has 0 saturated carbocycles. The molecule has 0 bridgehead atoms. The van der Waals surface area contributed by atoms with E-state index in [1.54, 1.807) is 25.3 Å². The third-order valence-electron chi connectivity index (χ3n) is 5.52. The Morgan fingerprint density at radius 3 is 2.61 bits per heavy atom. The second kappa shape index (κ2) is 8.35. The number of carbonyl (C=O) groups excluding carboxylic acids is 3. The zero-order chi connectivity index (χ0) is 22.0. The Hall–Kier alpha value is -3.46. The number of carbonyl (C=O) groups is 3. The number of fused-ring (bicyclic) bond motifs is 1. The monoisotopic (exact) mass is 437 g/mol. The van der Waals surface area contributed by atoms with Crippen molar-refractivity contribution in [3.8, 4) is 0 Å². The summed E-state index contributed by atoms with van der Waals surface area (Å²) < 4.78 is 1.45. The molecule has 1 aliphatic heterocycles. The molecular formula is C22H23N5O3S. The molecule has 0 radical (unpaired) electrons. The Balaban J connectivity index is 1.48. The van der Waals surface area contributed by atoms with Gasteiger partial charge >= 0.3 is 0 Å². The number of thiophene rings is 1. The lowest BCUT2D eigenvalue weighted by Gasteiger charge is -2.40. The predicted octanol–water partition coefficient (Wildman–Crippen LogP) is 2.04. The Labute approximate surface area is 183 Å². The summed E-state index contributed by atoms with van der Waals surface area (Å²) in [5.74, 6) is -0.994. The summed E-state index contributed by atoms with van der Waals surface area (Å²) in [6.07, 6.45) is 0. The van der Waals surface area contributed by atoms with Crippen molar-refractivity contribution < 1.29 is 14.4 Å². The number of nitrogens with one attached hydrogen (secondary N) is 2. The first-order chi connectivity index (χ1) is 14.9. The van der Waals surface area contributed by atoms with Crippen LogP contribution in [-0.2, 0) is 24.4 Å². The zero-order valence-electron chi connectivity index (χ0n) is 17.3. The molecule has 2 aromatic heterocycles. The molecule has 1 atom stereocenters. The average molecular weight is 438 g/mol. The number of nitrogens with zero attached hydrogens (tertiary/aromatic N) is 3. The minimum Gasteiger partial charge on any atom is -0.350 e. The Morgan fingerprint density at radius 1 is 1.13 bits per heavy atom. The van der Waals surface area contributed by atoms with Gasteiger partial charge in [-0.25, -0.2) is 0 Å². The topological polar surface area (TPSA) is 96.3 Å². The second-order valence-corrected chi connectivity index (χ2v) is 8.67. The van der Waals surface area contributed by atoms with Crippen LogP contribution in [0.3, 0.4) is 0 Å². The summed E-state index contributed by atoms with van der Waals surface area (Å²) in [5.41, 5.74) is 0.281. The van der Waals surface area contributed by atoms with Crippen LogP contribution in [-0.4, -0.2) is 45.0 Å². The number of hydrogen-bond donors (Lipinski definition) is 2. The van der Waals surface area contributed by atoms with E-state index in [2.05, 4.69) is 15.7 Å². The fraction of sp³-hybridized carbons (Fsp3) is 0.273. The van der Waals surface area contributed by atoms with Crippen LogP contribution >= 0.6 is 11.3 Å². The van der Waals surface area contributed by atoms with E-state index in [1.807, 2.05) is 47.8 Å². The summed E-state index contributed by atoms with van der Waals surface area (Å²) in [6, 6.07) is 14.9. The van der Waals surface area contributed by atoms with Crippen LogP contribution < -0.4 is 10.6 Å². The average Bonchev–Trinajstić information content (AvgIpc) is 3.45. The predicted molar refractivity (Wildman–Crippen MR) is 117 cm³/mol. The van der Waals surface area contributed by atoms with Crippen molar-refractivity contribution in [1.82, 2.24) is 25.3 Å². The number of likely N-dealkylation sites (N-methyl/N-ethyl adjacent to an activating group) is 1. The summed E-state index contributed by atoms with van der Waals surface area (Å²) in [5, 5.41) is 12.0. The highest BCUT2D eigenvalue weighted by Crippen LogP contribution is 2.26. The second-order valence-electron chi connectivity index (χ2n) is 7.64. The lowest BCUT2D eigenvalue weighted by Crippen LogP contribution is -2.62. The van der Waals surface area contributed by atoms with Crippen molar-refractivity contribution in [2.45, 2.75) is 32.1 Å². The molecule has 9 heteroatoms. The molecule has 8 nitrogen and oxygen atoms in total. The van der Waals surface area contributed by atoms with Gasteiger partial charge in [-0.05, 0) is 23.9 Å². The van der Waals surface area contributed by atoms with Crippen molar-refractivity contribution in [3.63, 3.8) is 0 Å².